The van der Waals surface area contributed by atoms with Gasteiger partial charge in [-0.15, -0.1) is 12.1 Å². The molecule has 1 saturated carbocycles. The van der Waals surface area contributed by atoms with Crippen LogP contribution in [0.3, 0.4) is 0 Å². The van der Waals surface area contributed by atoms with Crippen LogP contribution < -0.4 is 12.4 Å². The van der Waals surface area contributed by atoms with Crippen molar-refractivity contribution in [1.29, 1.82) is 0 Å². The fourth-order valence-electron chi connectivity index (χ4n) is 4.56. The number of nitrogens with zero attached hydrogens (tertiary/aromatic N) is 1. The molecule has 0 spiro atoms. The van der Waals surface area contributed by atoms with Crippen LogP contribution in [-0.2, 0) is 28.8 Å². The molecule has 4 aromatic carbocycles. The van der Waals surface area contributed by atoms with Gasteiger partial charge in [0, 0.05) is 23.7 Å². The van der Waals surface area contributed by atoms with E-state index in [1.165, 1.54) is 45.9 Å². The van der Waals surface area contributed by atoms with Crippen LogP contribution in [0.15, 0.2) is 121 Å². The van der Waals surface area contributed by atoms with E-state index in [-0.39, 0.29) is 37.9 Å². The summed E-state index contributed by atoms with van der Waals surface area (Å²) in [6.45, 7) is 13.3. The van der Waals surface area contributed by atoms with Crippen molar-refractivity contribution in [2.75, 3.05) is 0 Å². The SMILES string of the molecule is CC(C)[N-][C]1[C](c2ccccc2)[C](c2ccccc2)[C](c2ccccc2)[C]1c1ccccc1.[C-]#[O+].[C-]#[O+].[Cl-].[Ru+2]. The smallest absolute Gasteiger partial charge is 1.00 e. The van der Waals surface area contributed by atoms with Gasteiger partial charge in [-0.2, -0.15) is 0 Å². The standard InChI is InChI=1S/C32H27N.2CO.ClH.Ru/c1-23(2)33-32-30(26-19-11-5-12-20-26)28(24-15-7-3-8-16-24)29(25-17-9-4-10-18-25)31(32)27-21-13-6-14-22-27;2*1-2;;/h3-23H,1-2H3;;;1H;/q-1;;;;+2/p-1. The van der Waals surface area contributed by atoms with Gasteiger partial charge in [-0.05, 0) is 22.3 Å². The molecule has 0 saturated heterocycles. The number of benzene rings is 4. The number of hydrogen-bond donors (Lipinski definition) is 0. The molecular formula is C34H27ClNO2Ru. The van der Waals surface area contributed by atoms with Gasteiger partial charge in [0.15, 0.2) is 0 Å². The number of halogens is 1. The molecule has 0 heterocycles. The minimum Gasteiger partial charge on any atom is -1.00 e. The van der Waals surface area contributed by atoms with Gasteiger partial charge < -0.3 is 17.7 Å². The van der Waals surface area contributed by atoms with E-state index >= 15 is 0 Å². The minimum absolute atomic E-state index is 0. The summed E-state index contributed by atoms with van der Waals surface area (Å²) < 4.78 is 15.0. The maximum atomic E-state index is 7.50. The predicted molar refractivity (Wildman–Crippen MR) is 145 cm³/mol. The molecule has 0 bridgehead atoms. The predicted octanol–water partition coefficient (Wildman–Crippen LogP) is 4.73. The molecule has 0 unspecified atom stereocenters. The zero-order valence-corrected chi connectivity index (χ0v) is 24.1. The normalized spacial score (nSPS) is 14.1. The van der Waals surface area contributed by atoms with Crippen molar-refractivity contribution in [3.63, 3.8) is 0 Å². The molecule has 5 rings (SSSR count). The van der Waals surface area contributed by atoms with Crippen LogP contribution in [0.1, 0.15) is 36.1 Å². The van der Waals surface area contributed by atoms with Gasteiger partial charge in [0.25, 0.3) is 0 Å². The largest absolute Gasteiger partial charge is 2.00 e. The van der Waals surface area contributed by atoms with Gasteiger partial charge in [-0.3, -0.25) is 0 Å². The van der Waals surface area contributed by atoms with Crippen LogP contribution >= 0.6 is 0 Å². The van der Waals surface area contributed by atoms with E-state index in [1.807, 2.05) is 0 Å². The first-order valence-electron chi connectivity index (χ1n) is 11.9. The summed E-state index contributed by atoms with van der Waals surface area (Å²) in [7, 11) is 0. The van der Waals surface area contributed by atoms with Gasteiger partial charge in [0.1, 0.15) is 0 Å². The van der Waals surface area contributed by atoms with Gasteiger partial charge >= 0.3 is 42.1 Å². The molecule has 1 aliphatic carbocycles. The molecule has 1 fully saturated rings. The summed E-state index contributed by atoms with van der Waals surface area (Å²) in [5.41, 5.74) is 4.79. The van der Waals surface area contributed by atoms with Crippen LogP contribution in [-0.4, -0.2) is 6.04 Å². The summed E-state index contributed by atoms with van der Waals surface area (Å²) in [6.07, 6.45) is 0. The molecule has 0 aromatic heterocycles. The third kappa shape index (κ3) is 8.12. The Balaban J connectivity index is 0.00000121. The number of rotatable bonds is 6. The van der Waals surface area contributed by atoms with Crippen molar-refractivity contribution in [2.45, 2.75) is 19.9 Å². The summed E-state index contributed by atoms with van der Waals surface area (Å²) in [4.78, 5) is 0. The van der Waals surface area contributed by atoms with Crippen LogP contribution in [0.2, 0.25) is 0 Å². The first kappa shape index (κ1) is 34.3. The van der Waals surface area contributed by atoms with Crippen molar-refractivity contribution in [3.05, 3.63) is 192 Å². The second kappa shape index (κ2) is 17.7. The fourth-order valence-corrected chi connectivity index (χ4v) is 4.56. The zero-order valence-electron chi connectivity index (χ0n) is 21.6. The Morgan fingerprint density at radius 3 is 0.923 bits per heavy atom. The van der Waals surface area contributed by atoms with E-state index < -0.39 is 0 Å². The van der Waals surface area contributed by atoms with Crippen molar-refractivity contribution in [1.82, 2.24) is 0 Å². The van der Waals surface area contributed by atoms with Crippen molar-refractivity contribution in [3.8, 4) is 0 Å². The Morgan fingerprint density at radius 2 is 0.692 bits per heavy atom. The first-order valence-corrected chi connectivity index (χ1v) is 11.9. The molecule has 3 nitrogen and oxygen atoms in total. The molecular weight excluding hydrogens is 591 g/mol. The third-order valence-electron chi connectivity index (χ3n) is 5.86. The van der Waals surface area contributed by atoms with Gasteiger partial charge in [-0.25, -0.2) is 0 Å². The second-order valence-corrected chi connectivity index (χ2v) is 8.54. The molecule has 0 N–H and O–H groups in total. The Hall–Kier alpha value is -2.77. The molecule has 1 aliphatic rings. The van der Waals surface area contributed by atoms with Crippen LogP contribution in [0, 0.1) is 43.0 Å². The summed E-state index contributed by atoms with van der Waals surface area (Å²) >= 11 is 0. The quantitative estimate of drug-likeness (QED) is 0.171. The Bertz CT molecular complexity index is 1140. The summed E-state index contributed by atoms with van der Waals surface area (Å²) in [5.74, 6) is 4.89. The molecule has 0 amide bonds. The monoisotopic (exact) mass is 618 g/mol. The summed E-state index contributed by atoms with van der Waals surface area (Å²) in [6, 6.07) is 44.1. The molecule has 195 valence electrons. The van der Waals surface area contributed by atoms with E-state index in [1.54, 1.807) is 0 Å². The van der Waals surface area contributed by atoms with Crippen molar-refractivity contribution < 1.29 is 41.2 Å². The van der Waals surface area contributed by atoms with E-state index in [4.69, 9.17) is 14.6 Å². The third-order valence-corrected chi connectivity index (χ3v) is 5.86. The molecule has 5 heteroatoms. The molecule has 39 heavy (non-hydrogen) atoms. The van der Waals surface area contributed by atoms with Crippen LogP contribution in [0.5, 0.6) is 0 Å². The van der Waals surface area contributed by atoms with E-state index in [2.05, 4.69) is 148 Å². The Labute approximate surface area is 252 Å². The average molecular weight is 618 g/mol. The van der Waals surface area contributed by atoms with E-state index in [0.29, 0.717) is 0 Å². The molecule has 0 aliphatic heterocycles. The Kier molecular flexibility index (Phi) is 15.6. The van der Waals surface area contributed by atoms with Crippen LogP contribution in [0.25, 0.3) is 5.32 Å². The zero-order chi connectivity index (χ0) is 26.6. The van der Waals surface area contributed by atoms with Gasteiger partial charge in [0.05, 0.1) is 0 Å². The van der Waals surface area contributed by atoms with Crippen molar-refractivity contribution in [2.24, 2.45) is 0 Å². The molecule has 4 aromatic rings. The van der Waals surface area contributed by atoms with Gasteiger partial charge in [-0.1, -0.05) is 135 Å². The topological polar surface area (TPSA) is 53.9 Å². The minimum atomic E-state index is 0. The van der Waals surface area contributed by atoms with Crippen LogP contribution in [0.4, 0.5) is 0 Å². The molecule has 0 atom stereocenters. The molecule has 5 radical (unpaired) electrons. The van der Waals surface area contributed by atoms with E-state index in [0.717, 1.165) is 6.04 Å². The Morgan fingerprint density at radius 1 is 0.462 bits per heavy atom. The maximum Gasteiger partial charge on any atom is 2.00 e. The first-order chi connectivity index (χ1) is 18.2. The van der Waals surface area contributed by atoms with Gasteiger partial charge in [0.2, 0.25) is 0 Å². The summed E-state index contributed by atoms with van der Waals surface area (Å²) in [5, 5.41) is 5.24. The maximum absolute atomic E-state index is 7.50. The average Bonchev–Trinajstić information content (AvgIpc) is 3.31. The van der Waals surface area contributed by atoms with Crippen molar-refractivity contribution >= 4 is 0 Å². The number of hydrogen-bond acceptors (Lipinski definition) is 0. The van der Waals surface area contributed by atoms with E-state index in [9.17, 15) is 0 Å². The fraction of sp³-hybridized carbons (Fsp3) is 0.0882. The second-order valence-electron chi connectivity index (χ2n) is 8.54.